The highest BCUT2D eigenvalue weighted by atomic mass is 79.9. The predicted molar refractivity (Wildman–Crippen MR) is 80.1 cm³/mol. The van der Waals surface area contributed by atoms with Crippen LogP contribution < -0.4 is 5.32 Å². The Hall–Kier alpha value is -1.68. The van der Waals surface area contributed by atoms with E-state index in [0.29, 0.717) is 12.8 Å². The quantitative estimate of drug-likeness (QED) is 0.933. The zero-order chi connectivity index (χ0) is 13.7. The van der Waals surface area contributed by atoms with Gasteiger partial charge in [0.15, 0.2) is 0 Å². The third kappa shape index (κ3) is 4.17. The molecule has 1 aromatic carbocycles. The fraction of sp³-hybridized carbons (Fsp3) is 0.200. The van der Waals surface area contributed by atoms with Crippen molar-refractivity contribution < 1.29 is 4.79 Å². The molecule has 0 aliphatic rings. The number of carbonyl (C=O) groups is 1. The Morgan fingerprint density at radius 2 is 2.16 bits per heavy atom. The number of carbonyl (C=O) groups excluding carboxylic acids is 1. The van der Waals surface area contributed by atoms with Crippen LogP contribution in [0.25, 0.3) is 0 Å². The number of hydrogen-bond acceptors (Lipinski definition) is 2. The molecule has 0 saturated heterocycles. The number of halogens is 1. The van der Waals surface area contributed by atoms with Gasteiger partial charge in [0.05, 0.1) is 0 Å². The highest BCUT2D eigenvalue weighted by Crippen LogP contribution is 2.20. The van der Waals surface area contributed by atoms with E-state index in [-0.39, 0.29) is 5.91 Å². The second kappa shape index (κ2) is 6.48. The normalized spacial score (nSPS) is 10.2. The third-order valence-electron chi connectivity index (χ3n) is 2.79. The standard InChI is InChI=1S/C15H15BrN2O/c1-11-5-6-13(10-14(11)16)18-15(19)8-7-12-4-2-3-9-17-12/h2-6,9-10H,7-8H2,1H3,(H,18,19). The number of aryl methyl sites for hydroxylation is 2. The summed E-state index contributed by atoms with van der Waals surface area (Å²) in [6.07, 6.45) is 2.83. The van der Waals surface area contributed by atoms with Crippen LogP contribution in [0, 0.1) is 6.92 Å². The Morgan fingerprint density at radius 3 is 2.84 bits per heavy atom. The average molecular weight is 319 g/mol. The first kappa shape index (κ1) is 13.7. The lowest BCUT2D eigenvalue weighted by molar-refractivity contribution is -0.116. The number of pyridine rings is 1. The van der Waals surface area contributed by atoms with Crippen LogP contribution in [0.15, 0.2) is 47.1 Å². The predicted octanol–water partition coefficient (Wildman–Crippen LogP) is 3.72. The van der Waals surface area contributed by atoms with Crippen molar-refractivity contribution in [3.63, 3.8) is 0 Å². The second-order valence-corrected chi connectivity index (χ2v) is 5.19. The molecule has 0 spiro atoms. The summed E-state index contributed by atoms with van der Waals surface area (Å²) in [7, 11) is 0. The summed E-state index contributed by atoms with van der Waals surface area (Å²) in [5.41, 5.74) is 2.89. The molecule has 1 N–H and O–H groups in total. The number of amides is 1. The Morgan fingerprint density at radius 1 is 1.32 bits per heavy atom. The van der Waals surface area contributed by atoms with Crippen molar-refractivity contribution in [2.45, 2.75) is 19.8 Å². The maximum atomic E-state index is 11.8. The summed E-state index contributed by atoms with van der Waals surface area (Å²) in [5.74, 6) is 0.00130. The molecule has 0 unspecified atom stereocenters. The van der Waals surface area contributed by atoms with E-state index in [0.717, 1.165) is 21.4 Å². The lowest BCUT2D eigenvalue weighted by Gasteiger charge is -2.06. The maximum absolute atomic E-state index is 11.8. The van der Waals surface area contributed by atoms with Gasteiger partial charge >= 0.3 is 0 Å². The molecule has 19 heavy (non-hydrogen) atoms. The van der Waals surface area contributed by atoms with Crippen LogP contribution in [-0.2, 0) is 11.2 Å². The SMILES string of the molecule is Cc1ccc(NC(=O)CCc2ccccn2)cc1Br. The van der Waals surface area contributed by atoms with Gasteiger partial charge in [-0.2, -0.15) is 0 Å². The van der Waals surface area contributed by atoms with Crippen LogP contribution in [0.4, 0.5) is 5.69 Å². The first-order valence-electron chi connectivity index (χ1n) is 6.11. The molecular formula is C15H15BrN2O. The van der Waals surface area contributed by atoms with Gasteiger partial charge in [-0.1, -0.05) is 28.1 Å². The van der Waals surface area contributed by atoms with Crippen LogP contribution in [0.3, 0.4) is 0 Å². The summed E-state index contributed by atoms with van der Waals surface area (Å²) in [4.78, 5) is 16.0. The number of benzene rings is 1. The Kier molecular flexibility index (Phi) is 4.68. The number of hydrogen-bond donors (Lipinski definition) is 1. The zero-order valence-corrected chi connectivity index (χ0v) is 12.3. The van der Waals surface area contributed by atoms with Gasteiger partial charge in [0.1, 0.15) is 0 Å². The number of anilines is 1. The van der Waals surface area contributed by atoms with E-state index < -0.39 is 0 Å². The molecule has 0 aliphatic carbocycles. The van der Waals surface area contributed by atoms with Crippen molar-refractivity contribution in [2.24, 2.45) is 0 Å². The van der Waals surface area contributed by atoms with Crippen molar-refractivity contribution in [1.82, 2.24) is 4.98 Å². The van der Waals surface area contributed by atoms with Crippen LogP contribution >= 0.6 is 15.9 Å². The van der Waals surface area contributed by atoms with Crippen LogP contribution in [0.1, 0.15) is 17.7 Å². The lowest BCUT2D eigenvalue weighted by Crippen LogP contribution is -2.12. The molecule has 98 valence electrons. The largest absolute Gasteiger partial charge is 0.326 e. The molecular weight excluding hydrogens is 304 g/mol. The smallest absolute Gasteiger partial charge is 0.224 e. The highest BCUT2D eigenvalue weighted by molar-refractivity contribution is 9.10. The van der Waals surface area contributed by atoms with Crippen molar-refractivity contribution in [3.05, 3.63) is 58.3 Å². The van der Waals surface area contributed by atoms with E-state index in [2.05, 4.69) is 26.2 Å². The van der Waals surface area contributed by atoms with Crippen molar-refractivity contribution >= 4 is 27.5 Å². The Labute approximate surface area is 121 Å². The topological polar surface area (TPSA) is 42.0 Å². The van der Waals surface area contributed by atoms with Gasteiger partial charge in [-0.25, -0.2) is 0 Å². The van der Waals surface area contributed by atoms with E-state index >= 15 is 0 Å². The van der Waals surface area contributed by atoms with E-state index in [9.17, 15) is 4.79 Å². The Bertz CT molecular complexity index is 570. The minimum atomic E-state index is 0.00130. The van der Waals surface area contributed by atoms with Crippen LogP contribution in [0.2, 0.25) is 0 Å². The molecule has 1 aromatic heterocycles. The first-order valence-corrected chi connectivity index (χ1v) is 6.90. The third-order valence-corrected chi connectivity index (χ3v) is 3.64. The lowest BCUT2D eigenvalue weighted by atomic mass is 10.2. The van der Waals surface area contributed by atoms with E-state index in [1.807, 2.05) is 43.3 Å². The minimum Gasteiger partial charge on any atom is -0.326 e. The van der Waals surface area contributed by atoms with Crippen LogP contribution in [-0.4, -0.2) is 10.9 Å². The number of aromatic nitrogens is 1. The fourth-order valence-corrected chi connectivity index (χ4v) is 2.06. The molecule has 0 bridgehead atoms. The molecule has 0 fully saturated rings. The molecule has 4 heteroatoms. The van der Waals surface area contributed by atoms with E-state index in [1.54, 1.807) is 6.20 Å². The number of nitrogens with one attached hydrogen (secondary N) is 1. The highest BCUT2D eigenvalue weighted by Gasteiger charge is 2.04. The van der Waals surface area contributed by atoms with Crippen LogP contribution in [0.5, 0.6) is 0 Å². The van der Waals surface area contributed by atoms with Crippen molar-refractivity contribution in [2.75, 3.05) is 5.32 Å². The van der Waals surface area contributed by atoms with E-state index in [1.165, 1.54) is 0 Å². The van der Waals surface area contributed by atoms with Gasteiger partial charge < -0.3 is 5.32 Å². The summed E-state index contributed by atoms with van der Waals surface area (Å²) in [6.45, 7) is 2.01. The molecule has 1 amide bonds. The molecule has 0 atom stereocenters. The molecule has 0 saturated carbocycles. The molecule has 0 radical (unpaired) electrons. The van der Waals surface area contributed by atoms with E-state index in [4.69, 9.17) is 0 Å². The minimum absolute atomic E-state index is 0.00130. The van der Waals surface area contributed by atoms with Gasteiger partial charge in [-0.3, -0.25) is 9.78 Å². The van der Waals surface area contributed by atoms with Gasteiger partial charge in [0.2, 0.25) is 5.91 Å². The fourth-order valence-electron chi connectivity index (χ4n) is 1.68. The van der Waals surface area contributed by atoms with Crippen molar-refractivity contribution in [1.29, 1.82) is 0 Å². The molecule has 2 rings (SSSR count). The first-order chi connectivity index (χ1) is 9.15. The second-order valence-electron chi connectivity index (χ2n) is 4.33. The van der Waals surface area contributed by atoms with Gasteiger partial charge in [-0.15, -0.1) is 0 Å². The Balaban J connectivity index is 1.89. The van der Waals surface area contributed by atoms with Gasteiger partial charge in [0.25, 0.3) is 0 Å². The average Bonchev–Trinajstić information content (AvgIpc) is 2.42. The monoisotopic (exact) mass is 318 g/mol. The summed E-state index contributed by atoms with van der Waals surface area (Å²) in [5, 5.41) is 2.88. The molecule has 2 aromatic rings. The summed E-state index contributed by atoms with van der Waals surface area (Å²) in [6, 6.07) is 11.5. The molecule has 3 nitrogen and oxygen atoms in total. The molecule has 0 aliphatic heterocycles. The summed E-state index contributed by atoms with van der Waals surface area (Å²) < 4.78 is 0.995. The summed E-state index contributed by atoms with van der Waals surface area (Å²) >= 11 is 3.45. The maximum Gasteiger partial charge on any atom is 0.224 e. The zero-order valence-electron chi connectivity index (χ0n) is 10.7. The van der Waals surface area contributed by atoms with Crippen molar-refractivity contribution in [3.8, 4) is 0 Å². The van der Waals surface area contributed by atoms with Gasteiger partial charge in [-0.05, 0) is 43.2 Å². The van der Waals surface area contributed by atoms with Gasteiger partial charge in [0, 0.05) is 28.5 Å². The number of nitrogens with zero attached hydrogens (tertiary/aromatic N) is 1. The number of rotatable bonds is 4. The molecule has 1 heterocycles.